The minimum Gasteiger partial charge on any atom is -0.497 e. The molecule has 0 atom stereocenters. The van der Waals surface area contributed by atoms with Crippen LogP contribution in [0.25, 0.3) is 17.0 Å². The zero-order valence-corrected chi connectivity index (χ0v) is 17.6. The summed E-state index contributed by atoms with van der Waals surface area (Å²) < 4.78 is 7.77. The predicted octanol–water partition coefficient (Wildman–Crippen LogP) is 3.08. The average Bonchev–Trinajstić information content (AvgIpc) is 3.08. The third-order valence-corrected chi connectivity index (χ3v) is 4.98. The molecule has 2 heterocycles. The van der Waals surface area contributed by atoms with E-state index < -0.39 is 5.69 Å². The zero-order valence-electron chi connectivity index (χ0n) is 17.6. The quantitative estimate of drug-likeness (QED) is 0.521. The number of nitrogens with zero attached hydrogens (tertiary/aromatic N) is 4. The Morgan fingerprint density at radius 3 is 2.45 bits per heavy atom. The van der Waals surface area contributed by atoms with Crippen LogP contribution in [0.4, 0.5) is 5.69 Å². The fraction of sp³-hybridized carbons (Fsp3) is 0.217. The van der Waals surface area contributed by atoms with Gasteiger partial charge in [0.1, 0.15) is 18.1 Å². The fourth-order valence-electron chi connectivity index (χ4n) is 3.35. The van der Waals surface area contributed by atoms with E-state index in [9.17, 15) is 9.59 Å². The number of anilines is 1. The van der Waals surface area contributed by atoms with Crippen molar-refractivity contribution in [2.24, 2.45) is 0 Å². The summed E-state index contributed by atoms with van der Waals surface area (Å²) in [6.07, 6.45) is 0.925. The second-order valence-electron chi connectivity index (χ2n) is 7.18. The lowest BCUT2D eigenvalue weighted by molar-refractivity contribution is -0.117. The molecule has 0 unspecified atom stereocenters. The summed E-state index contributed by atoms with van der Waals surface area (Å²) in [5, 5.41) is 7.15. The lowest BCUT2D eigenvalue weighted by Gasteiger charge is -2.06. The maximum Gasteiger partial charge on any atom is 0.352 e. The van der Waals surface area contributed by atoms with Gasteiger partial charge in [-0.2, -0.15) is 0 Å². The highest BCUT2D eigenvalue weighted by atomic mass is 16.5. The normalized spacial score (nSPS) is 10.9. The first-order valence-corrected chi connectivity index (χ1v) is 9.99. The summed E-state index contributed by atoms with van der Waals surface area (Å²) in [7, 11) is 1.59. The molecule has 1 amide bonds. The number of hydrogen-bond acceptors (Lipinski definition) is 5. The standard InChI is InChI=1S/C23H23N5O3/c1-4-16-5-9-18(10-6-16)25-21(29)14-27-23(30)28-20(26-27)13-15(2)24-22(28)17-7-11-19(31-3)12-8-17/h5-13H,4,14H2,1-3H3,(H,25,29). The molecule has 2 aromatic carbocycles. The number of carbonyl (C=O) groups is 1. The Balaban J connectivity index is 1.65. The second-order valence-corrected chi connectivity index (χ2v) is 7.18. The van der Waals surface area contributed by atoms with E-state index in [4.69, 9.17) is 4.74 Å². The summed E-state index contributed by atoms with van der Waals surface area (Å²) in [5.41, 5.74) is 3.33. The van der Waals surface area contributed by atoms with E-state index >= 15 is 0 Å². The van der Waals surface area contributed by atoms with Crippen LogP contribution in [-0.2, 0) is 17.8 Å². The van der Waals surface area contributed by atoms with Gasteiger partial charge in [-0.05, 0) is 55.3 Å². The van der Waals surface area contributed by atoms with Crippen molar-refractivity contribution in [3.8, 4) is 17.1 Å². The third kappa shape index (κ3) is 4.18. The lowest BCUT2D eigenvalue weighted by atomic mass is 10.1. The lowest BCUT2D eigenvalue weighted by Crippen LogP contribution is -2.28. The molecule has 0 radical (unpaired) electrons. The van der Waals surface area contributed by atoms with Gasteiger partial charge in [-0.1, -0.05) is 19.1 Å². The van der Waals surface area contributed by atoms with Crippen molar-refractivity contribution in [1.29, 1.82) is 0 Å². The highest BCUT2D eigenvalue weighted by Crippen LogP contribution is 2.21. The number of methoxy groups -OCH3 is 1. The molecule has 8 nitrogen and oxygen atoms in total. The van der Waals surface area contributed by atoms with Gasteiger partial charge < -0.3 is 10.1 Å². The fourth-order valence-corrected chi connectivity index (χ4v) is 3.35. The number of carbonyl (C=O) groups excluding carboxylic acids is 1. The Morgan fingerprint density at radius 1 is 1.10 bits per heavy atom. The number of aromatic nitrogens is 4. The molecule has 4 aromatic rings. The maximum atomic E-state index is 13.0. The van der Waals surface area contributed by atoms with Crippen molar-refractivity contribution in [3.63, 3.8) is 0 Å². The van der Waals surface area contributed by atoms with Gasteiger partial charge in [0.2, 0.25) is 5.91 Å². The van der Waals surface area contributed by atoms with Crippen LogP contribution in [0.1, 0.15) is 18.2 Å². The largest absolute Gasteiger partial charge is 0.497 e. The van der Waals surface area contributed by atoms with Crippen molar-refractivity contribution in [2.75, 3.05) is 12.4 Å². The van der Waals surface area contributed by atoms with Crippen LogP contribution >= 0.6 is 0 Å². The molecule has 0 saturated heterocycles. The molecule has 8 heteroatoms. The maximum absolute atomic E-state index is 13.0. The Hall–Kier alpha value is -3.94. The molecule has 158 valence electrons. The molecule has 0 bridgehead atoms. The molecular formula is C23H23N5O3. The van der Waals surface area contributed by atoms with E-state index in [-0.39, 0.29) is 12.5 Å². The molecule has 0 aliphatic rings. The SMILES string of the molecule is CCc1ccc(NC(=O)Cn2nc3cc(C)nc(-c4ccc(OC)cc4)n3c2=O)cc1. The molecule has 2 aromatic heterocycles. The van der Waals surface area contributed by atoms with Gasteiger partial charge in [0, 0.05) is 23.0 Å². The first-order valence-electron chi connectivity index (χ1n) is 9.99. The minimum atomic E-state index is -0.426. The Bertz CT molecular complexity index is 1290. The van der Waals surface area contributed by atoms with Gasteiger partial charge in [0.15, 0.2) is 5.65 Å². The van der Waals surface area contributed by atoms with Crippen molar-refractivity contribution < 1.29 is 9.53 Å². The third-order valence-electron chi connectivity index (χ3n) is 4.98. The van der Waals surface area contributed by atoms with E-state index in [2.05, 4.69) is 22.3 Å². The molecule has 4 rings (SSSR count). The van der Waals surface area contributed by atoms with E-state index in [1.165, 1.54) is 9.96 Å². The van der Waals surface area contributed by atoms with Crippen LogP contribution in [0.3, 0.4) is 0 Å². The van der Waals surface area contributed by atoms with Crippen LogP contribution in [0.5, 0.6) is 5.75 Å². The van der Waals surface area contributed by atoms with Crippen molar-refractivity contribution in [1.82, 2.24) is 19.2 Å². The Morgan fingerprint density at radius 2 is 1.81 bits per heavy atom. The van der Waals surface area contributed by atoms with Crippen molar-refractivity contribution in [3.05, 3.63) is 76.3 Å². The molecule has 0 aliphatic heterocycles. The van der Waals surface area contributed by atoms with E-state index in [1.807, 2.05) is 43.3 Å². The number of ether oxygens (including phenoxy) is 1. The number of rotatable bonds is 6. The van der Waals surface area contributed by atoms with Gasteiger partial charge in [-0.25, -0.2) is 18.9 Å². The van der Waals surface area contributed by atoms with E-state index in [1.54, 1.807) is 25.3 Å². The molecule has 0 saturated carbocycles. The smallest absolute Gasteiger partial charge is 0.352 e. The van der Waals surface area contributed by atoms with Gasteiger partial charge in [0.05, 0.1) is 7.11 Å². The first kappa shape index (κ1) is 20.3. The van der Waals surface area contributed by atoms with Crippen LogP contribution in [0.2, 0.25) is 0 Å². The van der Waals surface area contributed by atoms with Crippen molar-refractivity contribution in [2.45, 2.75) is 26.8 Å². The Labute approximate surface area is 179 Å². The van der Waals surface area contributed by atoms with Crippen molar-refractivity contribution >= 4 is 17.2 Å². The summed E-state index contributed by atoms with van der Waals surface area (Å²) in [4.78, 5) is 30.1. The van der Waals surface area contributed by atoms with E-state index in [0.29, 0.717) is 22.9 Å². The number of hydrogen-bond donors (Lipinski definition) is 1. The molecule has 0 fully saturated rings. The van der Waals surface area contributed by atoms with E-state index in [0.717, 1.165) is 22.4 Å². The summed E-state index contributed by atoms with van der Waals surface area (Å²) in [6.45, 7) is 3.71. The van der Waals surface area contributed by atoms with Gasteiger partial charge in [-0.15, -0.1) is 5.10 Å². The molecular weight excluding hydrogens is 394 g/mol. The summed E-state index contributed by atoms with van der Waals surface area (Å²) >= 11 is 0. The van der Waals surface area contributed by atoms with Crippen LogP contribution in [0.15, 0.2) is 59.4 Å². The highest BCUT2D eigenvalue weighted by Gasteiger charge is 2.16. The van der Waals surface area contributed by atoms with Gasteiger partial charge in [-0.3, -0.25) is 4.79 Å². The van der Waals surface area contributed by atoms with Crippen LogP contribution in [0, 0.1) is 6.92 Å². The zero-order chi connectivity index (χ0) is 22.0. The Kier molecular flexibility index (Phi) is 5.53. The second kappa shape index (κ2) is 8.43. The van der Waals surface area contributed by atoms with Gasteiger partial charge in [0.25, 0.3) is 0 Å². The number of nitrogens with one attached hydrogen (secondary N) is 1. The van der Waals surface area contributed by atoms with Crippen LogP contribution in [-0.4, -0.2) is 32.2 Å². The number of benzene rings is 2. The summed E-state index contributed by atoms with van der Waals surface area (Å²) in [6, 6.07) is 16.6. The number of aryl methyl sites for hydroxylation is 2. The molecule has 1 N–H and O–H groups in total. The monoisotopic (exact) mass is 417 g/mol. The minimum absolute atomic E-state index is 0.197. The molecule has 0 spiro atoms. The predicted molar refractivity (Wildman–Crippen MR) is 118 cm³/mol. The molecule has 0 aliphatic carbocycles. The topological polar surface area (TPSA) is 90.5 Å². The summed E-state index contributed by atoms with van der Waals surface area (Å²) in [5.74, 6) is 0.842. The first-order chi connectivity index (χ1) is 15.0. The average molecular weight is 417 g/mol. The van der Waals surface area contributed by atoms with Crippen LogP contribution < -0.4 is 15.7 Å². The van der Waals surface area contributed by atoms with Gasteiger partial charge >= 0.3 is 5.69 Å². The number of fused-ring (bicyclic) bond motifs is 1. The highest BCUT2D eigenvalue weighted by molar-refractivity contribution is 5.90. The molecule has 31 heavy (non-hydrogen) atoms. The number of amides is 1.